The highest BCUT2D eigenvalue weighted by atomic mass is 19.1. The molecule has 2 N–H and O–H groups in total. The van der Waals surface area contributed by atoms with Gasteiger partial charge in [-0.25, -0.2) is 19.1 Å². The lowest BCUT2D eigenvalue weighted by Crippen LogP contribution is -2.42. The largest absolute Gasteiger partial charge is 0.354 e. The average Bonchev–Trinajstić information content (AvgIpc) is 3.26. The summed E-state index contributed by atoms with van der Waals surface area (Å²) in [4.78, 5) is 38.0. The molecule has 2 aliphatic heterocycles. The highest BCUT2D eigenvalue weighted by molar-refractivity contribution is 6.02. The number of hydrogen-bond acceptors (Lipinski definition) is 5. The molecule has 0 bridgehead atoms. The molecule has 36 heavy (non-hydrogen) atoms. The minimum absolute atomic E-state index is 0.203. The molecule has 0 spiro atoms. The number of carbonyl (C=O) groups excluding carboxylic acids is 2. The normalized spacial score (nSPS) is 15.2. The van der Waals surface area contributed by atoms with E-state index in [1.807, 2.05) is 43.0 Å². The molecule has 0 radical (unpaired) electrons. The molecule has 3 heterocycles. The zero-order valence-corrected chi connectivity index (χ0v) is 20.5. The van der Waals surface area contributed by atoms with Crippen molar-refractivity contribution in [2.24, 2.45) is 0 Å². The van der Waals surface area contributed by atoms with Gasteiger partial charge in [0.15, 0.2) is 5.82 Å². The van der Waals surface area contributed by atoms with Crippen molar-refractivity contribution in [1.82, 2.24) is 20.2 Å². The fourth-order valence-electron chi connectivity index (χ4n) is 4.80. The van der Waals surface area contributed by atoms with Crippen LogP contribution in [0.2, 0.25) is 0 Å². The number of rotatable bonds is 7. The molecule has 3 aromatic rings. The molecule has 1 aromatic heterocycles. The lowest BCUT2D eigenvalue weighted by molar-refractivity contribution is -0.127. The van der Waals surface area contributed by atoms with Crippen molar-refractivity contribution >= 4 is 29.4 Å². The minimum Gasteiger partial charge on any atom is -0.354 e. The monoisotopic (exact) mass is 488 g/mol. The van der Waals surface area contributed by atoms with E-state index in [1.165, 1.54) is 12.1 Å². The Bertz CT molecular complexity index is 1330. The Kier molecular flexibility index (Phi) is 6.54. The maximum absolute atomic E-state index is 13.9. The smallest absolute Gasteiger partial charge is 0.328 e. The lowest BCUT2D eigenvalue weighted by Gasteiger charge is -2.31. The number of benzene rings is 2. The molecule has 186 valence electrons. The van der Waals surface area contributed by atoms with Gasteiger partial charge in [0.2, 0.25) is 11.9 Å². The Hall–Kier alpha value is -4.01. The summed E-state index contributed by atoms with van der Waals surface area (Å²) in [6.07, 6.45) is 2.29. The number of fused-ring (bicyclic) bond motifs is 1. The highest BCUT2D eigenvalue weighted by Crippen LogP contribution is 2.38. The molecular formula is C27H29FN6O2. The quantitative estimate of drug-likeness (QED) is 0.471. The standard InChI is InChI=1S/C27H29FN6O2/c1-17-7-3-4-8-22(17)34-25-21(16-30-27(34)36)24(20-11-10-19(28)15-18(20)2)31-26(32-25)29-12-6-14-33-13-5-9-23(33)35/h3-4,7-8,10-11,15H,5-6,9,12-14,16H2,1-2H3,(H,30,36)(H,29,31,32). The van der Waals surface area contributed by atoms with Crippen LogP contribution in [0.3, 0.4) is 0 Å². The van der Waals surface area contributed by atoms with Gasteiger partial charge in [0.25, 0.3) is 0 Å². The van der Waals surface area contributed by atoms with Gasteiger partial charge >= 0.3 is 6.03 Å². The number of carbonyl (C=O) groups is 2. The van der Waals surface area contributed by atoms with Crippen LogP contribution in [-0.2, 0) is 11.3 Å². The number of aryl methyl sites for hydroxylation is 2. The maximum atomic E-state index is 13.9. The van der Waals surface area contributed by atoms with Crippen molar-refractivity contribution in [2.75, 3.05) is 29.9 Å². The Morgan fingerprint density at radius 1 is 1.08 bits per heavy atom. The van der Waals surface area contributed by atoms with Gasteiger partial charge in [-0.2, -0.15) is 4.98 Å². The Morgan fingerprint density at radius 3 is 2.67 bits per heavy atom. The topological polar surface area (TPSA) is 90.5 Å². The summed E-state index contributed by atoms with van der Waals surface area (Å²) >= 11 is 0. The van der Waals surface area contributed by atoms with Gasteiger partial charge in [-0.15, -0.1) is 0 Å². The van der Waals surface area contributed by atoms with Crippen LogP contribution in [0.15, 0.2) is 42.5 Å². The van der Waals surface area contributed by atoms with Gasteiger partial charge in [-0.05, 0) is 62.1 Å². The van der Waals surface area contributed by atoms with Crippen molar-refractivity contribution < 1.29 is 14.0 Å². The molecule has 1 fully saturated rings. The van der Waals surface area contributed by atoms with E-state index in [9.17, 15) is 14.0 Å². The predicted octanol–water partition coefficient (Wildman–Crippen LogP) is 4.69. The van der Waals surface area contributed by atoms with E-state index in [1.54, 1.807) is 11.0 Å². The fraction of sp³-hybridized carbons (Fsp3) is 0.333. The summed E-state index contributed by atoms with van der Waals surface area (Å²) in [5.41, 5.74) is 4.60. The first kappa shape index (κ1) is 23.7. The van der Waals surface area contributed by atoms with Crippen LogP contribution in [0, 0.1) is 19.7 Å². The summed E-state index contributed by atoms with van der Waals surface area (Å²) in [5.74, 6) is 0.769. The molecule has 1 saturated heterocycles. The number of aromatic nitrogens is 2. The van der Waals surface area contributed by atoms with Gasteiger partial charge in [0, 0.05) is 37.2 Å². The molecule has 9 heteroatoms. The number of anilines is 3. The molecule has 0 saturated carbocycles. The van der Waals surface area contributed by atoms with Gasteiger partial charge in [0.05, 0.1) is 17.9 Å². The number of amides is 3. The molecule has 0 atom stereocenters. The number of nitrogens with zero attached hydrogens (tertiary/aromatic N) is 4. The number of urea groups is 1. The van der Waals surface area contributed by atoms with E-state index in [-0.39, 0.29) is 24.3 Å². The third-order valence-corrected chi connectivity index (χ3v) is 6.68. The molecule has 0 aliphatic carbocycles. The first-order chi connectivity index (χ1) is 17.4. The molecule has 3 amide bonds. The highest BCUT2D eigenvalue weighted by Gasteiger charge is 2.31. The zero-order valence-electron chi connectivity index (χ0n) is 20.5. The maximum Gasteiger partial charge on any atom is 0.328 e. The summed E-state index contributed by atoms with van der Waals surface area (Å²) < 4.78 is 13.9. The van der Waals surface area contributed by atoms with Crippen LogP contribution in [0.4, 0.5) is 26.6 Å². The van der Waals surface area contributed by atoms with Gasteiger partial charge < -0.3 is 15.5 Å². The summed E-state index contributed by atoms with van der Waals surface area (Å²) in [6, 6.07) is 12.0. The minimum atomic E-state index is -0.316. The van der Waals surface area contributed by atoms with E-state index in [0.717, 1.165) is 47.3 Å². The Balaban J connectivity index is 1.53. The summed E-state index contributed by atoms with van der Waals surface area (Å²) in [5, 5.41) is 6.22. The first-order valence-electron chi connectivity index (χ1n) is 12.2. The Morgan fingerprint density at radius 2 is 1.92 bits per heavy atom. The lowest BCUT2D eigenvalue weighted by atomic mass is 10.00. The second-order valence-corrected chi connectivity index (χ2v) is 9.20. The third-order valence-electron chi connectivity index (χ3n) is 6.68. The number of nitrogens with one attached hydrogen (secondary N) is 2. The molecule has 0 unspecified atom stereocenters. The summed E-state index contributed by atoms with van der Waals surface area (Å²) in [7, 11) is 0. The molecule has 2 aliphatic rings. The number of halogens is 1. The van der Waals surface area contributed by atoms with Crippen LogP contribution >= 0.6 is 0 Å². The summed E-state index contributed by atoms with van der Waals surface area (Å²) in [6.45, 7) is 6.11. The van der Waals surface area contributed by atoms with Gasteiger partial charge in [-0.1, -0.05) is 18.2 Å². The first-order valence-corrected chi connectivity index (χ1v) is 12.2. The fourth-order valence-corrected chi connectivity index (χ4v) is 4.80. The predicted molar refractivity (Wildman–Crippen MR) is 137 cm³/mol. The van der Waals surface area contributed by atoms with Crippen LogP contribution in [0.1, 0.15) is 36.0 Å². The molecular weight excluding hydrogens is 459 g/mol. The van der Waals surface area contributed by atoms with E-state index in [4.69, 9.17) is 9.97 Å². The van der Waals surface area contributed by atoms with Crippen LogP contribution in [-0.4, -0.2) is 46.4 Å². The van der Waals surface area contributed by atoms with E-state index >= 15 is 0 Å². The molecule has 5 rings (SSSR count). The van der Waals surface area contributed by atoms with Crippen LogP contribution in [0.25, 0.3) is 11.3 Å². The van der Waals surface area contributed by atoms with Crippen molar-refractivity contribution in [1.29, 1.82) is 0 Å². The van der Waals surface area contributed by atoms with Crippen molar-refractivity contribution in [3.63, 3.8) is 0 Å². The Labute approximate surface area is 209 Å². The molecule has 2 aromatic carbocycles. The van der Waals surface area contributed by atoms with Crippen molar-refractivity contribution in [2.45, 2.75) is 39.7 Å². The SMILES string of the molecule is Cc1cc(F)ccc1-c1nc(NCCCN2CCCC2=O)nc2c1CNC(=O)N2c1ccccc1C. The second kappa shape index (κ2) is 9.93. The van der Waals surface area contributed by atoms with Crippen LogP contribution in [0.5, 0.6) is 0 Å². The van der Waals surface area contributed by atoms with Gasteiger partial charge in [0.1, 0.15) is 5.82 Å². The number of para-hydroxylation sites is 1. The zero-order chi connectivity index (χ0) is 25.2. The van der Waals surface area contributed by atoms with Crippen LogP contribution < -0.4 is 15.5 Å². The molecule has 8 nitrogen and oxygen atoms in total. The number of likely N-dealkylation sites (tertiary alicyclic amines) is 1. The average molecular weight is 489 g/mol. The van der Waals surface area contributed by atoms with Crippen molar-refractivity contribution in [3.8, 4) is 11.3 Å². The van der Waals surface area contributed by atoms with Crippen molar-refractivity contribution in [3.05, 3.63) is 65.0 Å². The van der Waals surface area contributed by atoms with E-state index < -0.39 is 0 Å². The second-order valence-electron chi connectivity index (χ2n) is 9.20. The van der Waals surface area contributed by atoms with Gasteiger partial charge in [-0.3, -0.25) is 4.79 Å². The van der Waals surface area contributed by atoms with E-state index in [2.05, 4.69) is 10.6 Å². The number of hydrogen-bond donors (Lipinski definition) is 2. The van der Waals surface area contributed by atoms with E-state index in [0.29, 0.717) is 37.0 Å². The third kappa shape index (κ3) is 4.60.